The lowest BCUT2D eigenvalue weighted by molar-refractivity contribution is 0.125. The van der Waals surface area contributed by atoms with Crippen LogP contribution in [0.25, 0.3) is 0 Å². The van der Waals surface area contributed by atoms with Crippen LogP contribution in [0.4, 0.5) is 37.6 Å². The van der Waals surface area contributed by atoms with E-state index in [4.69, 9.17) is 9.84 Å². The lowest BCUT2D eigenvalue weighted by Gasteiger charge is -2.14. The number of benzene rings is 2. The molecule has 0 radical (unpaired) electrons. The molecule has 1 atom stereocenters. The summed E-state index contributed by atoms with van der Waals surface area (Å²) in [5.74, 6) is -1.18. The first-order valence-electron chi connectivity index (χ1n) is 10.8. The molecule has 1 aliphatic carbocycles. The molecule has 0 bridgehead atoms. The summed E-state index contributed by atoms with van der Waals surface area (Å²) in [5.41, 5.74) is 4.13. The maximum Gasteiger partial charge on any atom is 0.229 e. The minimum absolute atomic E-state index is 0.0138. The van der Waals surface area contributed by atoms with Gasteiger partial charge < -0.3 is 25.8 Å². The van der Waals surface area contributed by atoms with Crippen molar-refractivity contribution in [2.24, 2.45) is 0 Å². The highest BCUT2D eigenvalue weighted by molar-refractivity contribution is 5.66. The van der Waals surface area contributed by atoms with Crippen molar-refractivity contribution in [1.29, 1.82) is 0 Å². The second-order valence-corrected chi connectivity index (χ2v) is 7.82. The van der Waals surface area contributed by atoms with Gasteiger partial charge in [-0.3, -0.25) is 0 Å². The Hall–Kier alpha value is -3.98. The molecule has 0 spiro atoms. The van der Waals surface area contributed by atoms with Crippen molar-refractivity contribution in [2.75, 3.05) is 22.6 Å². The zero-order valence-electron chi connectivity index (χ0n) is 18.6. The molecule has 1 saturated carbocycles. The fourth-order valence-electron chi connectivity index (χ4n) is 3.15. The summed E-state index contributed by atoms with van der Waals surface area (Å²) in [4.78, 5) is 8.11. The fourth-order valence-corrected chi connectivity index (χ4v) is 3.15. The van der Waals surface area contributed by atoms with Crippen LogP contribution in [-0.2, 0) is 0 Å². The largest absolute Gasteiger partial charge is 0.485 e. The van der Waals surface area contributed by atoms with E-state index >= 15 is 0 Å². The van der Waals surface area contributed by atoms with Gasteiger partial charge in [0.2, 0.25) is 5.95 Å². The first kappa shape index (κ1) is 23.2. The van der Waals surface area contributed by atoms with E-state index in [9.17, 15) is 8.78 Å². The van der Waals surface area contributed by atoms with Crippen molar-refractivity contribution >= 4 is 28.8 Å². The van der Waals surface area contributed by atoms with Gasteiger partial charge in [-0.15, -0.1) is 0 Å². The van der Waals surface area contributed by atoms with Gasteiger partial charge in [-0.2, -0.15) is 4.98 Å². The van der Waals surface area contributed by atoms with Crippen LogP contribution < -0.4 is 20.7 Å². The van der Waals surface area contributed by atoms with Crippen LogP contribution >= 0.6 is 0 Å². The monoisotopic (exact) mass is 465 g/mol. The number of hydrogen-bond donors (Lipinski definition) is 4. The number of allylic oxidation sites excluding steroid dienone is 2. The maximum atomic E-state index is 14.4. The Morgan fingerprint density at radius 1 is 1.12 bits per heavy atom. The normalized spacial score (nSPS) is 13.1. The molecule has 7 nitrogen and oxygen atoms in total. The molecule has 4 N–H and O–H groups in total. The Bertz CT molecular complexity index is 1230. The van der Waals surface area contributed by atoms with Gasteiger partial charge in [0.15, 0.2) is 23.2 Å². The first-order chi connectivity index (χ1) is 16.4. The maximum absolute atomic E-state index is 14.4. The minimum atomic E-state index is -0.635. The van der Waals surface area contributed by atoms with Crippen molar-refractivity contribution in [3.63, 3.8) is 0 Å². The van der Waals surface area contributed by atoms with Crippen molar-refractivity contribution < 1.29 is 18.6 Å². The SMILES string of the molecule is C=CC(Nc1cccc(Nc2nc(Nc3ccc(OC(C)CO)c(F)c3)ncc2F)c1)=C1CC1. The lowest BCUT2D eigenvalue weighted by atomic mass is 10.2. The van der Waals surface area contributed by atoms with E-state index in [-0.39, 0.29) is 24.1 Å². The summed E-state index contributed by atoms with van der Waals surface area (Å²) < 4.78 is 34.0. The van der Waals surface area contributed by atoms with Gasteiger partial charge in [0.05, 0.1) is 12.8 Å². The number of nitrogens with one attached hydrogen (secondary N) is 3. The van der Waals surface area contributed by atoms with E-state index in [0.29, 0.717) is 11.4 Å². The molecule has 1 fully saturated rings. The van der Waals surface area contributed by atoms with Crippen LogP contribution in [0.3, 0.4) is 0 Å². The van der Waals surface area contributed by atoms with Crippen LogP contribution in [0.2, 0.25) is 0 Å². The third-order valence-corrected chi connectivity index (χ3v) is 5.01. The molecule has 34 heavy (non-hydrogen) atoms. The first-order valence-corrected chi connectivity index (χ1v) is 10.8. The predicted octanol–water partition coefficient (Wildman–Crippen LogP) is 5.65. The lowest BCUT2D eigenvalue weighted by Crippen LogP contribution is -2.16. The van der Waals surface area contributed by atoms with Crippen molar-refractivity contribution in [3.05, 3.63) is 84.2 Å². The van der Waals surface area contributed by atoms with Gasteiger partial charge in [-0.1, -0.05) is 12.6 Å². The van der Waals surface area contributed by atoms with E-state index in [1.807, 2.05) is 18.2 Å². The number of rotatable bonds is 10. The number of aliphatic hydroxyl groups is 1. The molecule has 0 saturated heterocycles. The topological polar surface area (TPSA) is 91.3 Å². The van der Waals surface area contributed by atoms with Crippen LogP contribution in [0.1, 0.15) is 19.8 Å². The number of anilines is 5. The number of halogens is 2. The number of nitrogens with zero attached hydrogens (tertiary/aromatic N) is 2. The Morgan fingerprint density at radius 3 is 2.59 bits per heavy atom. The van der Waals surface area contributed by atoms with Crippen molar-refractivity contribution in [1.82, 2.24) is 9.97 Å². The molecular formula is C25H25F2N5O2. The molecule has 9 heteroatoms. The smallest absolute Gasteiger partial charge is 0.229 e. The summed E-state index contributed by atoms with van der Waals surface area (Å²) in [6.45, 7) is 5.24. The summed E-state index contributed by atoms with van der Waals surface area (Å²) in [5, 5.41) is 18.2. The summed E-state index contributed by atoms with van der Waals surface area (Å²) in [6, 6.07) is 11.6. The molecule has 0 aliphatic heterocycles. The molecule has 1 aromatic heterocycles. The Kier molecular flexibility index (Phi) is 7.03. The quantitative estimate of drug-likeness (QED) is 0.308. The van der Waals surface area contributed by atoms with Crippen molar-refractivity contribution in [3.8, 4) is 5.75 Å². The number of ether oxygens (including phenoxy) is 1. The average molecular weight is 466 g/mol. The van der Waals surface area contributed by atoms with Gasteiger partial charge in [-0.05, 0) is 61.7 Å². The van der Waals surface area contributed by atoms with Gasteiger partial charge in [0.25, 0.3) is 0 Å². The van der Waals surface area contributed by atoms with Gasteiger partial charge in [0, 0.05) is 28.8 Å². The number of aromatic nitrogens is 2. The summed E-state index contributed by atoms with van der Waals surface area (Å²) in [6.07, 6.45) is 4.42. The van der Waals surface area contributed by atoms with Gasteiger partial charge in [0.1, 0.15) is 6.10 Å². The van der Waals surface area contributed by atoms with Gasteiger partial charge >= 0.3 is 0 Å². The number of hydrogen-bond acceptors (Lipinski definition) is 7. The Morgan fingerprint density at radius 2 is 1.88 bits per heavy atom. The highest BCUT2D eigenvalue weighted by atomic mass is 19.1. The third-order valence-electron chi connectivity index (χ3n) is 5.01. The molecular weight excluding hydrogens is 440 g/mol. The molecule has 4 rings (SSSR count). The van der Waals surface area contributed by atoms with Gasteiger partial charge in [-0.25, -0.2) is 13.8 Å². The molecule has 2 aromatic carbocycles. The van der Waals surface area contributed by atoms with Crippen LogP contribution in [0.15, 0.2) is 72.6 Å². The average Bonchev–Trinajstić information content (AvgIpc) is 3.67. The predicted molar refractivity (Wildman–Crippen MR) is 129 cm³/mol. The molecule has 176 valence electrons. The zero-order valence-corrected chi connectivity index (χ0v) is 18.6. The Labute approximate surface area is 196 Å². The van der Waals surface area contributed by atoms with Crippen LogP contribution in [0, 0.1) is 11.6 Å². The molecule has 1 heterocycles. The molecule has 1 aliphatic rings. The fraction of sp³-hybridized carbons (Fsp3) is 0.200. The highest BCUT2D eigenvalue weighted by Gasteiger charge is 2.16. The molecule has 1 unspecified atom stereocenters. The minimum Gasteiger partial charge on any atom is -0.485 e. The standard InChI is InChI=1S/C25H25F2N5O2/c1-3-22(16-7-8-16)29-17-5-4-6-18(11-17)30-24-21(27)13-28-25(32-24)31-19-9-10-23(20(26)12-19)34-15(2)14-33/h3-6,9-13,15,29,33H,1,7-8,14H2,2H3,(H2,28,30,31,32). The van der Waals surface area contributed by atoms with Crippen LogP contribution in [0.5, 0.6) is 5.75 Å². The Balaban J connectivity index is 1.48. The van der Waals surface area contributed by atoms with E-state index in [1.165, 1.54) is 17.7 Å². The number of aliphatic hydroxyl groups excluding tert-OH is 1. The second kappa shape index (κ2) is 10.3. The van der Waals surface area contributed by atoms with Crippen molar-refractivity contribution in [2.45, 2.75) is 25.9 Å². The van der Waals surface area contributed by atoms with E-state index < -0.39 is 17.7 Å². The second-order valence-electron chi connectivity index (χ2n) is 7.82. The molecule has 0 amide bonds. The van der Waals surface area contributed by atoms with Crippen LogP contribution in [-0.4, -0.2) is 27.8 Å². The van der Waals surface area contributed by atoms with E-state index in [0.717, 1.165) is 30.4 Å². The van der Waals surface area contributed by atoms with E-state index in [1.54, 1.807) is 25.1 Å². The van der Waals surface area contributed by atoms with E-state index in [2.05, 4.69) is 32.5 Å². The third kappa shape index (κ3) is 5.87. The summed E-state index contributed by atoms with van der Waals surface area (Å²) >= 11 is 0. The molecule has 3 aromatic rings. The summed E-state index contributed by atoms with van der Waals surface area (Å²) in [7, 11) is 0. The zero-order chi connectivity index (χ0) is 24.1. The highest BCUT2D eigenvalue weighted by Crippen LogP contribution is 2.33.